The van der Waals surface area contributed by atoms with Crippen LogP contribution in [-0.4, -0.2) is 30.9 Å². The van der Waals surface area contributed by atoms with Crippen molar-refractivity contribution in [2.24, 2.45) is 0 Å². The van der Waals surface area contributed by atoms with Gasteiger partial charge in [0.15, 0.2) is 0 Å². The minimum atomic E-state index is -0.314. The lowest BCUT2D eigenvalue weighted by molar-refractivity contribution is -0.133. The number of rotatable bonds is 3. The fourth-order valence-electron chi connectivity index (χ4n) is 3.07. The summed E-state index contributed by atoms with van der Waals surface area (Å²) in [7, 11) is 0. The Morgan fingerprint density at radius 1 is 1.04 bits per heavy atom. The van der Waals surface area contributed by atoms with Gasteiger partial charge < -0.3 is 10.6 Å². The van der Waals surface area contributed by atoms with Crippen molar-refractivity contribution in [3.63, 3.8) is 0 Å². The van der Waals surface area contributed by atoms with E-state index in [0.29, 0.717) is 18.8 Å². The van der Waals surface area contributed by atoms with Gasteiger partial charge in [-0.15, -0.1) is 24.8 Å². The third kappa shape index (κ3) is 5.09. The summed E-state index contributed by atoms with van der Waals surface area (Å²) < 4.78 is 0. The lowest BCUT2D eigenvalue weighted by Crippen LogP contribution is -2.47. The molecule has 2 saturated heterocycles. The SMILES string of the molecule is Cl.Cl.O=C1CCC(Nc2cccc(C3CCNCC3)c2)C(=O)N1. The van der Waals surface area contributed by atoms with Gasteiger partial charge in [0, 0.05) is 12.1 Å². The summed E-state index contributed by atoms with van der Waals surface area (Å²) in [6.45, 7) is 2.13. The van der Waals surface area contributed by atoms with E-state index in [-0.39, 0.29) is 42.7 Å². The van der Waals surface area contributed by atoms with Crippen molar-refractivity contribution in [1.82, 2.24) is 10.6 Å². The van der Waals surface area contributed by atoms with E-state index in [9.17, 15) is 9.59 Å². The Kier molecular flexibility index (Phi) is 7.82. The molecule has 2 aliphatic rings. The Morgan fingerprint density at radius 2 is 1.78 bits per heavy atom. The van der Waals surface area contributed by atoms with Crippen LogP contribution in [0, 0.1) is 0 Å². The van der Waals surface area contributed by atoms with Gasteiger partial charge in [-0.25, -0.2) is 0 Å². The fraction of sp³-hybridized carbons (Fsp3) is 0.500. The van der Waals surface area contributed by atoms with Gasteiger partial charge >= 0.3 is 0 Å². The summed E-state index contributed by atoms with van der Waals surface area (Å²) in [5.74, 6) is 0.190. The van der Waals surface area contributed by atoms with E-state index in [1.54, 1.807) is 0 Å². The van der Waals surface area contributed by atoms with Gasteiger partial charge in [0.25, 0.3) is 0 Å². The minimum absolute atomic E-state index is 0. The highest BCUT2D eigenvalue weighted by atomic mass is 35.5. The number of nitrogens with one attached hydrogen (secondary N) is 3. The van der Waals surface area contributed by atoms with E-state index in [1.165, 1.54) is 5.56 Å². The van der Waals surface area contributed by atoms with E-state index in [0.717, 1.165) is 31.6 Å². The average molecular weight is 360 g/mol. The zero-order chi connectivity index (χ0) is 14.7. The Hall–Kier alpha value is -1.30. The maximum atomic E-state index is 11.8. The number of hydrogen-bond donors (Lipinski definition) is 3. The Morgan fingerprint density at radius 3 is 2.48 bits per heavy atom. The van der Waals surface area contributed by atoms with Crippen molar-refractivity contribution in [3.05, 3.63) is 29.8 Å². The third-order valence-electron chi connectivity index (χ3n) is 4.28. The van der Waals surface area contributed by atoms with E-state index >= 15 is 0 Å². The van der Waals surface area contributed by atoms with Crippen LogP contribution in [-0.2, 0) is 9.59 Å². The second kappa shape index (κ2) is 9.11. The lowest BCUT2D eigenvalue weighted by atomic mass is 9.90. The Balaban J connectivity index is 0.00000132. The maximum Gasteiger partial charge on any atom is 0.249 e. The van der Waals surface area contributed by atoms with Crippen LogP contribution in [0.5, 0.6) is 0 Å². The first-order valence-electron chi connectivity index (χ1n) is 7.63. The highest BCUT2D eigenvalue weighted by Crippen LogP contribution is 2.27. The van der Waals surface area contributed by atoms with Crippen LogP contribution < -0.4 is 16.0 Å². The Bertz CT molecular complexity index is 548. The number of carbonyl (C=O) groups is 2. The number of halogens is 2. The first-order chi connectivity index (χ1) is 10.2. The molecule has 1 unspecified atom stereocenters. The smallest absolute Gasteiger partial charge is 0.249 e. The Labute approximate surface area is 148 Å². The number of anilines is 1. The quantitative estimate of drug-likeness (QED) is 0.723. The molecular weight excluding hydrogens is 337 g/mol. The molecule has 2 amide bonds. The van der Waals surface area contributed by atoms with Crippen molar-refractivity contribution < 1.29 is 9.59 Å². The average Bonchev–Trinajstić information content (AvgIpc) is 2.51. The molecular formula is C16H23Cl2N3O2. The van der Waals surface area contributed by atoms with Crippen molar-refractivity contribution in [1.29, 1.82) is 0 Å². The predicted octanol–water partition coefficient (Wildman–Crippen LogP) is 2.21. The number of benzene rings is 1. The summed E-state index contributed by atoms with van der Waals surface area (Å²) in [5, 5.41) is 9.00. The normalized spacial score (nSPS) is 21.7. The van der Waals surface area contributed by atoms with Gasteiger partial charge in [0.2, 0.25) is 11.8 Å². The van der Waals surface area contributed by atoms with Crippen LogP contribution in [0.25, 0.3) is 0 Å². The fourth-order valence-corrected chi connectivity index (χ4v) is 3.07. The molecule has 0 bridgehead atoms. The number of piperidine rings is 2. The van der Waals surface area contributed by atoms with Crippen LogP contribution >= 0.6 is 24.8 Å². The zero-order valence-electron chi connectivity index (χ0n) is 12.8. The molecule has 128 valence electrons. The summed E-state index contributed by atoms with van der Waals surface area (Å²) >= 11 is 0. The van der Waals surface area contributed by atoms with E-state index in [1.807, 2.05) is 12.1 Å². The molecule has 1 atom stereocenters. The van der Waals surface area contributed by atoms with E-state index < -0.39 is 0 Å². The van der Waals surface area contributed by atoms with Crippen molar-refractivity contribution in [3.8, 4) is 0 Å². The van der Waals surface area contributed by atoms with Gasteiger partial charge in [-0.2, -0.15) is 0 Å². The molecule has 1 aromatic rings. The second-order valence-electron chi connectivity index (χ2n) is 5.80. The summed E-state index contributed by atoms with van der Waals surface area (Å²) in [4.78, 5) is 23.0. The number of imide groups is 1. The van der Waals surface area contributed by atoms with Crippen LogP contribution in [0.3, 0.4) is 0 Å². The molecule has 1 aromatic carbocycles. The third-order valence-corrected chi connectivity index (χ3v) is 4.28. The maximum absolute atomic E-state index is 11.8. The summed E-state index contributed by atoms with van der Waals surface area (Å²) in [6.07, 6.45) is 3.27. The first-order valence-corrected chi connectivity index (χ1v) is 7.63. The van der Waals surface area contributed by atoms with E-state index in [4.69, 9.17) is 0 Å². The van der Waals surface area contributed by atoms with Gasteiger partial charge in [-0.1, -0.05) is 12.1 Å². The van der Waals surface area contributed by atoms with Crippen molar-refractivity contribution in [2.75, 3.05) is 18.4 Å². The van der Waals surface area contributed by atoms with Gasteiger partial charge in [0.05, 0.1) is 0 Å². The highest BCUT2D eigenvalue weighted by Gasteiger charge is 2.26. The van der Waals surface area contributed by atoms with Crippen molar-refractivity contribution in [2.45, 2.75) is 37.6 Å². The molecule has 2 aliphatic heterocycles. The summed E-state index contributed by atoms with van der Waals surface area (Å²) in [5.41, 5.74) is 2.29. The standard InChI is InChI=1S/C16H21N3O2.2ClH/c20-15-5-4-14(16(21)19-15)18-13-3-1-2-12(10-13)11-6-8-17-9-7-11;;/h1-3,10-11,14,17-18H,4-9H2,(H,19,20,21);2*1H. The molecule has 3 rings (SSSR count). The number of hydrogen-bond acceptors (Lipinski definition) is 4. The highest BCUT2D eigenvalue weighted by molar-refractivity contribution is 6.01. The molecule has 0 aliphatic carbocycles. The second-order valence-corrected chi connectivity index (χ2v) is 5.80. The molecule has 23 heavy (non-hydrogen) atoms. The monoisotopic (exact) mass is 359 g/mol. The first kappa shape index (κ1) is 19.7. The van der Waals surface area contributed by atoms with Gasteiger partial charge in [-0.3, -0.25) is 14.9 Å². The van der Waals surface area contributed by atoms with Crippen molar-refractivity contribution >= 4 is 42.3 Å². The van der Waals surface area contributed by atoms with Crippen LogP contribution in [0.1, 0.15) is 37.2 Å². The molecule has 3 N–H and O–H groups in total. The minimum Gasteiger partial charge on any atom is -0.374 e. The molecule has 0 spiro atoms. The van der Waals surface area contributed by atoms with Crippen LogP contribution in [0.4, 0.5) is 5.69 Å². The molecule has 7 heteroatoms. The molecule has 2 fully saturated rings. The summed E-state index contributed by atoms with van der Waals surface area (Å²) in [6, 6.07) is 8.00. The zero-order valence-corrected chi connectivity index (χ0v) is 14.5. The molecule has 0 radical (unpaired) electrons. The molecule has 2 heterocycles. The lowest BCUT2D eigenvalue weighted by Gasteiger charge is -2.25. The number of carbonyl (C=O) groups excluding carboxylic acids is 2. The van der Waals surface area contributed by atoms with E-state index in [2.05, 4.69) is 28.1 Å². The molecule has 0 saturated carbocycles. The van der Waals surface area contributed by atoms with Crippen LogP contribution in [0.2, 0.25) is 0 Å². The number of amides is 2. The largest absolute Gasteiger partial charge is 0.374 e. The molecule has 5 nitrogen and oxygen atoms in total. The molecule has 0 aromatic heterocycles. The predicted molar refractivity (Wildman–Crippen MR) is 95.6 cm³/mol. The van der Waals surface area contributed by atoms with Gasteiger partial charge in [0.1, 0.15) is 6.04 Å². The van der Waals surface area contributed by atoms with Crippen LogP contribution in [0.15, 0.2) is 24.3 Å². The topological polar surface area (TPSA) is 70.2 Å². The van der Waals surface area contributed by atoms with Gasteiger partial charge in [-0.05, 0) is 56.0 Å².